The Morgan fingerprint density at radius 2 is 2.08 bits per heavy atom. The average Bonchev–Trinajstić information content (AvgIpc) is 3.29. The summed E-state index contributed by atoms with van der Waals surface area (Å²) in [5.41, 5.74) is 2.09. The van der Waals surface area contributed by atoms with Gasteiger partial charge < -0.3 is 4.74 Å². The smallest absolute Gasteiger partial charge is 0.252 e. The number of nitrogens with zero attached hydrogens (tertiary/aromatic N) is 6. The van der Waals surface area contributed by atoms with E-state index < -0.39 is 0 Å². The highest BCUT2D eigenvalue weighted by atomic mass is 32.1. The van der Waals surface area contributed by atoms with E-state index in [2.05, 4.69) is 25.4 Å². The van der Waals surface area contributed by atoms with Crippen molar-refractivity contribution in [1.29, 1.82) is 5.26 Å². The number of hydrogen-bond donors (Lipinski definition) is 0. The Bertz CT molecular complexity index is 1080. The van der Waals surface area contributed by atoms with E-state index in [0.717, 1.165) is 21.3 Å². The molecule has 0 saturated heterocycles. The molecule has 3 aromatic heterocycles. The lowest BCUT2D eigenvalue weighted by Crippen LogP contribution is -2.05. The highest BCUT2D eigenvalue weighted by Crippen LogP contribution is 2.36. The predicted octanol–water partition coefficient (Wildman–Crippen LogP) is 2.96. The van der Waals surface area contributed by atoms with Gasteiger partial charge in [-0.05, 0) is 5.56 Å². The third kappa shape index (κ3) is 2.76. The molecule has 0 aliphatic carbocycles. The number of ether oxygens (including phenoxy) is 1. The molecule has 0 aliphatic rings. The summed E-state index contributed by atoms with van der Waals surface area (Å²) >= 11 is 1.54. The van der Waals surface area contributed by atoms with Crippen molar-refractivity contribution in [2.24, 2.45) is 0 Å². The maximum atomic E-state index is 9.00. The van der Waals surface area contributed by atoms with Gasteiger partial charge in [-0.25, -0.2) is 19.6 Å². The van der Waals surface area contributed by atoms with Gasteiger partial charge in [0.05, 0.1) is 5.39 Å². The number of aromatic nitrogens is 5. The second-order valence-corrected chi connectivity index (χ2v) is 6.07. The van der Waals surface area contributed by atoms with E-state index in [0.29, 0.717) is 18.2 Å². The molecule has 0 N–H and O–H groups in total. The number of benzene rings is 1. The lowest BCUT2D eigenvalue weighted by Gasteiger charge is -2.07. The molecule has 0 saturated carbocycles. The lowest BCUT2D eigenvalue weighted by atomic mass is 10.1. The number of hydrogen-bond acceptors (Lipinski definition) is 7. The first-order valence-electron chi connectivity index (χ1n) is 7.44. The summed E-state index contributed by atoms with van der Waals surface area (Å²) < 4.78 is 6.68. The van der Waals surface area contributed by atoms with Crippen molar-refractivity contribution >= 4 is 21.6 Å². The normalized spacial score (nSPS) is 10.9. The fourth-order valence-electron chi connectivity index (χ4n) is 2.57. The lowest BCUT2D eigenvalue weighted by molar-refractivity contribution is 0.178. The summed E-state index contributed by atoms with van der Waals surface area (Å²) in [5.74, 6) is 1.24. The summed E-state index contributed by atoms with van der Waals surface area (Å²) in [6, 6.07) is 12.0. The number of methoxy groups -OCH3 is 1. The van der Waals surface area contributed by atoms with E-state index >= 15 is 0 Å². The van der Waals surface area contributed by atoms with Crippen LogP contribution in [0.1, 0.15) is 11.6 Å². The predicted molar refractivity (Wildman–Crippen MR) is 93.2 cm³/mol. The van der Waals surface area contributed by atoms with Crippen LogP contribution in [0.15, 0.2) is 42.0 Å². The van der Waals surface area contributed by atoms with Crippen LogP contribution in [-0.2, 0) is 11.3 Å². The molecular formula is C17H12N6OS. The Labute approximate surface area is 147 Å². The van der Waals surface area contributed by atoms with E-state index in [1.807, 2.05) is 36.4 Å². The number of rotatable bonds is 4. The van der Waals surface area contributed by atoms with E-state index in [4.69, 9.17) is 10.00 Å². The first kappa shape index (κ1) is 15.4. The highest BCUT2D eigenvalue weighted by Gasteiger charge is 2.17. The minimum atomic E-state index is 0.0940. The second kappa shape index (κ2) is 6.39. The zero-order chi connectivity index (χ0) is 17.2. The van der Waals surface area contributed by atoms with Gasteiger partial charge in [0.2, 0.25) is 0 Å². The SMILES string of the molecule is COCc1nc(-n2cnc(C#N)n2)c2c(-c3ccccc3)csc2n1. The summed E-state index contributed by atoms with van der Waals surface area (Å²) in [6.07, 6.45) is 1.49. The molecule has 0 spiro atoms. The maximum Gasteiger partial charge on any atom is 0.252 e. The molecule has 0 aliphatic heterocycles. The molecule has 0 radical (unpaired) electrons. The fourth-order valence-corrected chi connectivity index (χ4v) is 3.53. The van der Waals surface area contributed by atoms with Crippen LogP contribution in [0.2, 0.25) is 0 Å². The van der Waals surface area contributed by atoms with Crippen LogP contribution in [-0.4, -0.2) is 31.8 Å². The van der Waals surface area contributed by atoms with Crippen molar-refractivity contribution in [3.63, 3.8) is 0 Å². The highest BCUT2D eigenvalue weighted by molar-refractivity contribution is 7.17. The molecule has 25 heavy (non-hydrogen) atoms. The van der Waals surface area contributed by atoms with Gasteiger partial charge in [0.15, 0.2) is 11.6 Å². The Balaban J connectivity index is 2.00. The van der Waals surface area contributed by atoms with Crippen molar-refractivity contribution in [2.45, 2.75) is 6.61 Å². The molecule has 0 unspecified atom stereocenters. The quantitative estimate of drug-likeness (QED) is 0.563. The van der Waals surface area contributed by atoms with E-state index in [1.54, 1.807) is 7.11 Å². The van der Waals surface area contributed by atoms with Crippen molar-refractivity contribution in [3.8, 4) is 23.0 Å². The van der Waals surface area contributed by atoms with E-state index in [-0.39, 0.29) is 5.82 Å². The van der Waals surface area contributed by atoms with E-state index in [9.17, 15) is 0 Å². The minimum Gasteiger partial charge on any atom is -0.377 e. The van der Waals surface area contributed by atoms with Crippen molar-refractivity contribution in [2.75, 3.05) is 7.11 Å². The summed E-state index contributed by atoms with van der Waals surface area (Å²) in [5, 5.41) is 16.1. The van der Waals surface area contributed by atoms with Crippen LogP contribution >= 0.6 is 11.3 Å². The topological polar surface area (TPSA) is 89.5 Å². The molecule has 8 heteroatoms. The second-order valence-electron chi connectivity index (χ2n) is 5.22. The Morgan fingerprint density at radius 1 is 1.24 bits per heavy atom. The molecule has 0 amide bonds. The third-order valence-corrected chi connectivity index (χ3v) is 4.50. The summed E-state index contributed by atoms with van der Waals surface area (Å²) in [4.78, 5) is 14.0. The zero-order valence-electron chi connectivity index (χ0n) is 13.2. The fraction of sp³-hybridized carbons (Fsp3) is 0.118. The molecule has 0 fully saturated rings. The Hall–Kier alpha value is -3.15. The standard InChI is InChI=1S/C17H12N6OS/c1-24-8-14-20-16(23-10-19-13(7-18)22-23)15-12(9-25-17(15)21-14)11-5-3-2-4-6-11/h2-6,9-10H,8H2,1H3. The minimum absolute atomic E-state index is 0.0940. The van der Waals surface area contributed by atoms with Gasteiger partial charge in [-0.15, -0.1) is 16.4 Å². The summed E-state index contributed by atoms with van der Waals surface area (Å²) in [6.45, 7) is 0.293. The van der Waals surface area contributed by atoms with Crippen LogP contribution in [0, 0.1) is 11.3 Å². The molecule has 3 heterocycles. The molecule has 0 bridgehead atoms. The van der Waals surface area contributed by atoms with Crippen LogP contribution in [0.4, 0.5) is 0 Å². The van der Waals surface area contributed by atoms with Gasteiger partial charge in [-0.3, -0.25) is 0 Å². The molecule has 0 atom stereocenters. The van der Waals surface area contributed by atoms with E-state index in [1.165, 1.54) is 22.3 Å². The molecule has 4 aromatic rings. The molecular weight excluding hydrogens is 336 g/mol. The monoisotopic (exact) mass is 348 g/mol. The molecule has 122 valence electrons. The number of nitriles is 1. The number of thiophene rings is 1. The van der Waals surface area contributed by atoms with Gasteiger partial charge in [0, 0.05) is 18.1 Å². The van der Waals surface area contributed by atoms with Crippen LogP contribution in [0.5, 0.6) is 0 Å². The largest absolute Gasteiger partial charge is 0.377 e. The van der Waals surface area contributed by atoms with Gasteiger partial charge in [0.1, 0.15) is 23.8 Å². The third-order valence-electron chi connectivity index (χ3n) is 3.63. The van der Waals surface area contributed by atoms with Crippen molar-refractivity contribution < 1.29 is 4.74 Å². The van der Waals surface area contributed by atoms with Crippen LogP contribution in [0.25, 0.3) is 27.2 Å². The van der Waals surface area contributed by atoms with Gasteiger partial charge in [0.25, 0.3) is 5.82 Å². The molecule has 1 aromatic carbocycles. The van der Waals surface area contributed by atoms with Gasteiger partial charge in [-0.1, -0.05) is 30.3 Å². The number of fused-ring (bicyclic) bond motifs is 1. The average molecular weight is 348 g/mol. The molecule has 7 nitrogen and oxygen atoms in total. The van der Waals surface area contributed by atoms with Gasteiger partial charge in [-0.2, -0.15) is 5.26 Å². The Kier molecular flexibility index (Phi) is 3.93. The molecule has 4 rings (SSSR count). The zero-order valence-corrected chi connectivity index (χ0v) is 14.1. The summed E-state index contributed by atoms with van der Waals surface area (Å²) in [7, 11) is 1.60. The first-order valence-corrected chi connectivity index (χ1v) is 8.32. The maximum absolute atomic E-state index is 9.00. The van der Waals surface area contributed by atoms with Crippen molar-refractivity contribution in [1.82, 2.24) is 24.7 Å². The van der Waals surface area contributed by atoms with Crippen molar-refractivity contribution in [3.05, 3.63) is 53.7 Å². The van der Waals surface area contributed by atoms with Crippen LogP contribution < -0.4 is 0 Å². The Morgan fingerprint density at radius 3 is 2.80 bits per heavy atom. The van der Waals surface area contributed by atoms with Gasteiger partial charge >= 0.3 is 0 Å². The van der Waals surface area contributed by atoms with Crippen LogP contribution in [0.3, 0.4) is 0 Å². The first-order chi connectivity index (χ1) is 12.3.